The Labute approximate surface area is 132 Å². The fourth-order valence-electron chi connectivity index (χ4n) is 4.13. The van der Waals surface area contributed by atoms with Crippen molar-refractivity contribution in [3.05, 3.63) is 46.1 Å². The highest BCUT2D eigenvalue weighted by atomic mass is 28.3. The maximum atomic E-state index is 2.58. The van der Waals surface area contributed by atoms with Gasteiger partial charge in [0.05, 0.1) is 8.07 Å². The average Bonchev–Trinajstić information content (AvgIpc) is 2.92. The normalized spacial score (nSPS) is 24.4. The van der Waals surface area contributed by atoms with Crippen LogP contribution in [0.2, 0.25) is 24.2 Å². The summed E-state index contributed by atoms with van der Waals surface area (Å²) in [6, 6.07) is 0. The Morgan fingerprint density at radius 2 is 1.38 bits per heavy atom. The summed E-state index contributed by atoms with van der Waals surface area (Å²) in [5, 5.41) is 0. The zero-order chi connectivity index (χ0) is 16.2. The third kappa shape index (κ3) is 2.65. The molecule has 2 rings (SSSR count). The standard InChI is InChI=1S/C20H32Si/c1-13-14(2)16(4)19(15(13)3)21(8,9)18-11-10-17(12-18)20(5,6)7/h10-12,18-19H,1-9H3. The number of hydrogen-bond donors (Lipinski definition) is 0. The lowest BCUT2D eigenvalue weighted by molar-refractivity contribution is 0.517. The Bertz CT molecular complexity index is 549. The van der Waals surface area contributed by atoms with E-state index in [1.54, 1.807) is 22.3 Å². The minimum atomic E-state index is -1.45. The fraction of sp³-hybridized carbons (Fsp3) is 0.600. The SMILES string of the molecule is CC1=C(C)C([Si](C)(C)C2C=CC(C(C)(C)C)=C2)C(C)=C1C. The Morgan fingerprint density at radius 1 is 0.905 bits per heavy atom. The summed E-state index contributed by atoms with van der Waals surface area (Å²) in [6.07, 6.45) is 7.43. The molecule has 21 heavy (non-hydrogen) atoms. The molecule has 0 radical (unpaired) electrons. The summed E-state index contributed by atoms with van der Waals surface area (Å²) < 4.78 is 0. The monoisotopic (exact) mass is 300 g/mol. The van der Waals surface area contributed by atoms with Gasteiger partial charge in [0.2, 0.25) is 0 Å². The summed E-state index contributed by atoms with van der Waals surface area (Å²) in [7, 11) is -1.45. The lowest BCUT2D eigenvalue weighted by Gasteiger charge is -2.36. The van der Waals surface area contributed by atoms with Crippen LogP contribution in [0.5, 0.6) is 0 Å². The van der Waals surface area contributed by atoms with Crippen molar-refractivity contribution in [3.8, 4) is 0 Å². The number of rotatable bonds is 2. The molecule has 0 aromatic rings. The van der Waals surface area contributed by atoms with Crippen LogP contribution in [-0.4, -0.2) is 8.07 Å². The van der Waals surface area contributed by atoms with Gasteiger partial charge in [-0.25, -0.2) is 0 Å². The van der Waals surface area contributed by atoms with E-state index in [1.165, 1.54) is 5.57 Å². The molecule has 0 amide bonds. The zero-order valence-corrected chi connectivity index (χ0v) is 16.4. The number of allylic oxidation sites excluding steroid dienone is 8. The van der Waals surface area contributed by atoms with Crippen molar-refractivity contribution in [2.75, 3.05) is 0 Å². The fourth-order valence-corrected chi connectivity index (χ4v) is 8.38. The van der Waals surface area contributed by atoms with E-state index in [4.69, 9.17) is 0 Å². The molecule has 0 saturated carbocycles. The van der Waals surface area contributed by atoms with E-state index in [9.17, 15) is 0 Å². The number of hydrogen-bond acceptors (Lipinski definition) is 0. The van der Waals surface area contributed by atoms with E-state index in [1.807, 2.05) is 0 Å². The van der Waals surface area contributed by atoms with Crippen LogP contribution in [0.15, 0.2) is 46.1 Å². The van der Waals surface area contributed by atoms with Gasteiger partial charge < -0.3 is 0 Å². The third-order valence-corrected chi connectivity index (χ3v) is 10.4. The molecule has 0 aliphatic heterocycles. The topological polar surface area (TPSA) is 0 Å². The van der Waals surface area contributed by atoms with Gasteiger partial charge in [-0.3, -0.25) is 0 Å². The predicted molar refractivity (Wildman–Crippen MR) is 98.4 cm³/mol. The first-order valence-corrected chi connectivity index (χ1v) is 11.4. The van der Waals surface area contributed by atoms with Gasteiger partial charge in [0.1, 0.15) is 0 Å². The van der Waals surface area contributed by atoms with E-state index < -0.39 is 8.07 Å². The molecule has 2 aliphatic carbocycles. The van der Waals surface area contributed by atoms with Crippen LogP contribution < -0.4 is 0 Å². The van der Waals surface area contributed by atoms with Gasteiger partial charge in [0.15, 0.2) is 0 Å². The molecule has 0 aromatic heterocycles. The maximum absolute atomic E-state index is 2.58. The van der Waals surface area contributed by atoms with Crippen LogP contribution in [0.1, 0.15) is 48.5 Å². The molecule has 0 bridgehead atoms. The first-order chi connectivity index (χ1) is 9.48. The largest absolute Gasteiger partial charge is 0.0800 e. The summed E-state index contributed by atoms with van der Waals surface area (Å²) in [5.41, 5.74) is 9.51. The molecule has 0 heterocycles. The van der Waals surface area contributed by atoms with Crippen molar-refractivity contribution in [2.24, 2.45) is 5.41 Å². The zero-order valence-electron chi connectivity index (χ0n) is 15.4. The molecule has 1 heteroatoms. The molecule has 1 unspecified atom stereocenters. The summed E-state index contributed by atoms with van der Waals surface area (Å²) in [5.74, 6) is 0. The molecule has 0 fully saturated rings. The van der Waals surface area contributed by atoms with Gasteiger partial charge in [-0.05, 0) is 60.9 Å². The van der Waals surface area contributed by atoms with Crippen molar-refractivity contribution < 1.29 is 0 Å². The third-order valence-electron chi connectivity index (χ3n) is 5.92. The predicted octanol–water partition coefficient (Wildman–Crippen LogP) is 6.66. The maximum Gasteiger partial charge on any atom is 0.0706 e. The second-order valence-electron chi connectivity index (χ2n) is 8.63. The van der Waals surface area contributed by atoms with E-state index in [0.717, 1.165) is 0 Å². The van der Waals surface area contributed by atoms with Gasteiger partial charge in [-0.2, -0.15) is 0 Å². The average molecular weight is 301 g/mol. The minimum Gasteiger partial charge on any atom is -0.0800 e. The van der Waals surface area contributed by atoms with E-state index in [-0.39, 0.29) is 5.41 Å². The minimum absolute atomic E-state index is 0.271. The summed E-state index contributed by atoms with van der Waals surface area (Å²) in [6.45, 7) is 21.4. The Kier molecular flexibility index (Phi) is 4.03. The van der Waals surface area contributed by atoms with Gasteiger partial charge in [-0.15, -0.1) is 0 Å². The lowest BCUT2D eigenvalue weighted by Crippen LogP contribution is -2.37. The van der Waals surface area contributed by atoms with Crippen molar-refractivity contribution in [3.63, 3.8) is 0 Å². The highest BCUT2D eigenvalue weighted by Gasteiger charge is 2.43. The second kappa shape index (κ2) is 5.12. The molecule has 0 aromatic carbocycles. The van der Waals surface area contributed by atoms with E-state index in [2.05, 4.69) is 79.8 Å². The molecule has 0 nitrogen and oxygen atoms in total. The molecule has 1 atom stereocenters. The smallest absolute Gasteiger partial charge is 0.0706 e. The van der Waals surface area contributed by atoms with Crippen molar-refractivity contribution in [2.45, 2.75) is 72.6 Å². The molecule has 0 saturated heterocycles. The molecule has 116 valence electrons. The van der Waals surface area contributed by atoms with Crippen LogP contribution in [0.25, 0.3) is 0 Å². The van der Waals surface area contributed by atoms with Crippen molar-refractivity contribution in [1.29, 1.82) is 0 Å². The summed E-state index contributed by atoms with van der Waals surface area (Å²) >= 11 is 0. The molecular formula is C20H32Si. The second-order valence-corrected chi connectivity index (χ2v) is 13.5. The molecule has 0 spiro atoms. The summed E-state index contributed by atoms with van der Waals surface area (Å²) in [4.78, 5) is 0. The highest BCUT2D eigenvalue weighted by Crippen LogP contribution is 2.52. The van der Waals surface area contributed by atoms with Crippen LogP contribution in [-0.2, 0) is 0 Å². The van der Waals surface area contributed by atoms with Gasteiger partial charge in [-0.1, -0.05) is 63.2 Å². The molecule has 2 aliphatic rings. The Morgan fingerprint density at radius 3 is 1.76 bits per heavy atom. The first kappa shape index (κ1) is 16.5. The van der Waals surface area contributed by atoms with Crippen molar-refractivity contribution in [1.82, 2.24) is 0 Å². The molecular weight excluding hydrogens is 268 g/mol. The first-order valence-electron chi connectivity index (χ1n) is 8.23. The van der Waals surface area contributed by atoms with E-state index in [0.29, 0.717) is 11.1 Å². The van der Waals surface area contributed by atoms with Crippen LogP contribution >= 0.6 is 0 Å². The Balaban J connectivity index is 2.38. The van der Waals surface area contributed by atoms with Gasteiger partial charge in [0.25, 0.3) is 0 Å². The highest BCUT2D eigenvalue weighted by molar-refractivity contribution is 6.82. The quantitative estimate of drug-likeness (QED) is 0.500. The van der Waals surface area contributed by atoms with E-state index >= 15 is 0 Å². The van der Waals surface area contributed by atoms with Crippen LogP contribution in [0, 0.1) is 5.41 Å². The molecule has 0 N–H and O–H groups in total. The van der Waals surface area contributed by atoms with Crippen molar-refractivity contribution >= 4 is 8.07 Å². The van der Waals surface area contributed by atoms with Gasteiger partial charge in [0, 0.05) is 0 Å². The van der Waals surface area contributed by atoms with Gasteiger partial charge >= 0.3 is 0 Å². The Hall–Kier alpha value is -0.823. The van der Waals surface area contributed by atoms with Crippen LogP contribution in [0.4, 0.5) is 0 Å². The van der Waals surface area contributed by atoms with Crippen LogP contribution in [0.3, 0.4) is 0 Å². The lowest BCUT2D eigenvalue weighted by atomic mass is 9.87.